The van der Waals surface area contributed by atoms with Crippen LogP contribution in [0.3, 0.4) is 0 Å². The van der Waals surface area contributed by atoms with E-state index in [1.54, 1.807) is 11.9 Å². The van der Waals surface area contributed by atoms with Crippen molar-refractivity contribution in [3.63, 3.8) is 0 Å². The maximum atomic E-state index is 12.8. The Balaban J connectivity index is 1.75. The van der Waals surface area contributed by atoms with E-state index in [9.17, 15) is 9.59 Å². The second-order valence-electron chi connectivity index (χ2n) is 5.99. The molecule has 2 amide bonds. The lowest BCUT2D eigenvalue weighted by Crippen LogP contribution is -2.47. The quantitative estimate of drug-likeness (QED) is 0.808. The van der Waals surface area contributed by atoms with Crippen molar-refractivity contribution in [2.24, 2.45) is 11.7 Å². The van der Waals surface area contributed by atoms with Crippen molar-refractivity contribution < 1.29 is 9.59 Å². The van der Waals surface area contributed by atoms with Crippen LogP contribution in [0.1, 0.15) is 17.5 Å². The Labute approximate surface area is 124 Å². The van der Waals surface area contributed by atoms with Crippen LogP contribution in [0.2, 0.25) is 0 Å². The molecular weight excluding hydrogens is 266 g/mol. The van der Waals surface area contributed by atoms with Crippen LogP contribution in [-0.4, -0.2) is 42.4 Å². The van der Waals surface area contributed by atoms with E-state index in [1.807, 2.05) is 12.1 Å². The first-order valence-electron chi connectivity index (χ1n) is 7.44. The van der Waals surface area contributed by atoms with Crippen molar-refractivity contribution in [2.75, 3.05) is 13.6 Å². The molecule has 1 saturated heterocycles. The molecule has 1 aromatic carbocycles. The van der Waals surface area contributed by atoms with Gasteiger partial charge in [0.1, 0.15) is 6.04 Å². The standard InChI is InChI=1S/C16H21N3O2/c1-18-15(20)14-8-13(17)9-19(14)16(21)12-6-10-4-2-3-5-11(10)7-12/h2-5,12-14H,6-9,17H2,1H3,(H,18,20)/t13-,14+/m1/s1. The zero-order valence-corrected chi connectivity index (χ0v) is 12.2. The first-order chi connectivity index (χ1) is 10.1. The van der Waals surface area contributed by atoms with Crippen molar-refractivity contribution >= 4 is 11.8 Å². The number of hydrogen-bond donors (Lipinski definition) is 2. The number of carbonyl (C=O) groups excluding carboxylic acids is 2. The van der Waals surface area contributed by atoms with E-state index in [2.05, 4.69) is 17.4 Å². The smallest absolute Gasteiger partial charge is 0.242 e. The fourth-order valence-corrected chi connectivity index (χ4v) is 3.50. The molecule has 112 valence electrons. The minimum absolute atomic E-state index is 0.0557. The number of fused-ring (bicyclic) bond motifs is 1. The van der Waals surface area contributed by atoms with Gasteiger partial charge in [0.25, 0.3) is 0 Å². The van der Waals surface area contributed by atoms with Gasteiger partial charge in [0.15, 0.2) is 0 Å². The lowest BCUT2D eigenvalue weighted by molar-refractivity contribution is -0.141. The van der Waals surface area contributed by atoms with Crippen LogP contribution in [0, 0.1) is 5.92 Å². The van der Waals surface area contributed by atoms with E-state index in [4.69, 9.17) is 5.73 Å². The molecular formula is C16H21N3O2. The van der Waals surface area contributed by atoms with E-state index in [-0.39, 0.29) is 23.8 Å². The summed E-state index contributed by atoms with van der Waals surface area (Å²) in [5.74, 6) is -0.112. The Bertz CT molecular complexity index is 547. The first-order valence-corrected chi connectivity index (χ1v) is 7.44. The third kappa shape index (κ3) is 2.53. The normalized spacial score (nSPS) is 25.0. The Hall–Kier alpha value is -1.88. The van der Waals surface area contributed by atoms with Gasteiger partial charge in [0.2, 0.25) is 11.8 Å². The summed E-state index contributed by atoms with van der Waals surface area (Å²) < 4.78 is 0. The fourth-order valence-electron chi connectivity index (χ4n) is 3.50. The monoisotopic (exact) mass is 287 g/mol. The van der Waals surface area contributed by atoms with Crippen molar-refractivity contribution in [3.05, 3.63) is 35.4 Å². The molecule has 0 spiro atoms. The van der Waals surface area contributed by atoms with Crippen LogP contribution in [0.15, 0.2) is 24.3 Å². The average molecular weight is 287 g/mol. The molecule has 0 aromatic heterocycles. The molecule has 5 heteroatoms. The third-order valence-corrected chi connectivity index (χ3v) is 4.57. The summed E-state index contributed by atoms with van der Waals surface area (Å²) in [5.41, 5.74) is 8.45. The number of nitrogens with zero attached hydrogens (tertiary/aromatic N) is 1. The molecule has 0 saturated carbocycles. The molecule has 2 aliphatic rings. The SMILES string of the molecule is CNC(=O)[C@@H]1C[C@@H](N)CN1C(=O)C1Cc2ccccc2C1. The van der Waals surface area contributed by atoms with Crippen LogP contribution in [0.4, 0.5) is 0 Å². The number of benzene rings is 1. The Kier molecular flexibility index (Phi) is 3.68. The van der Waals surface area contributed by atoms with Crippen molar-refractivity contribution in [2.45, 2.75) is 31.3 Å². The molecule has 3 N–H and O–H groups in total. The minimum atomic E-state index is -0.416. The second kappa shape index (κ2) is 5.48. The van der Waals surface area contributed by atoms with Crippen LogP contribution in [-0.2, 0) is 22.4 Å². The van der Waals surface area contributed by atoms with Crippen molar-refractivity contribution in [3.8, 4) is 0 Å². The number of likely N-dealkylation sites (N-methyl/N-ethyl adjacent to an activating group) is 1. The molecule has 1 aliphatic heterocycles. The van der Waals surface area contributed by atoms with Crippen LogP contribution >= 0.6 is 0 Å². The van der Waals surface area contributed by atoms with Gasteiger partial charge >= 0.3 is 0 Å². The number of amides is 2. The number of rotatable bonds is 2. The molecule has 5 nitrogen and oxygen atoms in total. The van der Waals surface area contributed by atoms with Gasteiger partial charge in [0.05, 0.1) is 0 Å². The molecule has 0 bridgehead atoms. The number of hydrogen-bond acceptors (Lipinski definition) is 3. The van der Waals surface area contributed by atoms with Gasteiger partial charge in [-0.2, -0.15) is 0 Å². The van der Waals surface area contributed by atoms with Crippen LogP contribution in [0.5, 0.6) is 0 Å². The predicted octanol–water partition coefficient (Wildman–Crippen LogP) is 0.0756. The molecule has 1 aromatic rings. The van der Waals surface area contributed by atoms with E-state index in [0.717, 1.165) is 12.8 Å². The van der Waals surface area contributed by atoms with Crippen LogP contribution in [0.25, 0.3) is 0 Å². The maximum absolute atomic E-state index is 12.8. The Morgan fingerprint density at radius 2 is 1.86 bits per heavy atom. The fraction of sp³-hybridized carbons (Fsp3) is 0.500. The van der Waals surface area contributed by atoms with Gasteiger partial charge in [-0.3, -0.25) is 9.59 Å². The van der Waals surface area contributed by atoms with Gasteiger partial charge in [-0.05, 0) is 30.4 Å². The highest BCUT2D eigenvalue weighted by atomic mass is 16.2. The molecule has 0 radical (unpaired) electrons. The highest BCUT2D eigenvalue weighted by molar-refractivity contribution is 5.89. The molecule has 0 unspecified atom stereocenters. The number of nitrogens with one attached hydrogen (secondary N) is 1. The number of likely N-dealkylation sites (tertiary alicyclic amines) is 1. The molecule has 1 heterocycles. The van der Waals surface area contributed by atoms with Gasteiger partial charge in [-0.1, -0.05) is 24.3 Å². The molecule has 21 heavy (non-hydrogen) atoms. The van der Waals surface area contributed by atoms with Crippen molar-refractivity contribution in [1.29, 1.82) is 0 Å². The zero-order chi connectivity index (χ0) is 15.0. The number of carbonyl (C=O) groups is 2. The largest absolute Gasteiger partial charge is 0.357 e. The summed E-state index contributed by atoms with van der Waals surface area (Å²) in [6.07, 6.45) is 2.08. The summed E-state index contributed by atoms with van der Waals surface area (Å²) in [6.45, 7) is 0.476. The van der Waals surface area contributed by atoms with E-state index >= 15 is 0 Å². The highest BCUT2D eigenvalue weighted by Gasteiger charge is 2.41. The van der Waals surface area contributed by atoms with E-state index in [1.165, 1.54) is 11.1 Å². The second-order valence-corrected chi connectivity index (χ2v) is 5.99. The lowest BCUT2D eigenvalue weighted by Gasteiger charge is -2.26. The molecule has 2 atom stereocenters. The Morgan fingerprint density at radius 1 is 1.24 bits per heavy atom. The first kappa shape index (κ1) is 14.1. The van der Waals surface area contributed by atoms with Crippen LogP contribution < -0.4 is 11.1 Å². The Morgan fingerprint density at radius 3 is 2.43 bits per heavy atom. The van der Waals surface area contributed by atoms with Gasteiger partial charge in [-0.25, -0.2) is 0 Å². The van der Waals surface area contributed by atoms with Crippen molar-refractivity contribution in [1.82, 2.24) is 10.2 Å². The summed E-state index contributed by atoms with van der Waals surface area (Å²) in [6, 6.07) is 7.64. The van der Waals surface area contributed by atoms with E-state index in [0.29, 0.717) is 13.0 Å². The topological polar surface area (TPSA) is 75.4 Å². The van der Waals surface area contributed by atoms with E-state index < -0.39 is 6.04 Å². The molecule has 1 fully saturated rings. The lowest BCUT2D eigenvalue weighted by atomic mass is 10.0. The predicted molar refractivity (Wildman–Crippen MR) is 79.5 cm³/mol. The molecule has 3 rings (SSSR count). The minimum Gasteiger partial charge on any atom is -0.357 e. The summed E-state index contributed by atoms with van der Waals surface area (Å²) in [5, 5.41) is 2.63. The highest BCUT2D eigenvalue weighted by Crippen LogP contribution is 2.30. The third-order valence-electron chi connectivity index (χ3n) is 4.57. The van der Waals surface area contributed by atoms with Gasteiger partial charge in [-0.15, -0.1) is 0 Å². The summed E-state index contributed by atoms with van der Waals surface area (Å²) in [7, 11) is 1.60. The summed E-state index contributed by atoms with van der Waals surface area (Å²) in [4.78, 5) is 26.4. The molecule has 1 aliphatic carbocycles. The zero-order valence-electron chi connectivity index (χ0n) is 12.2. The summed E-state index contributed by atoms with van der Waals surface area (Å²) >= 11 is 0. The average Bonchev–Trinajstić information content (AvgIpc) is 3.09. The van der Waals surface area contributed by atoms with Gasteiger partial charge in [0, 0.05) is 25.6 Å². The number of nitrogens with two attached hydrogens (primary N) is 1. The van der Waals surface area contributed by atoms with Gasteiger partial charge < -0.3 is 16.0 Å². The maximum Gasteiger partial charge on any atom is 0.242 e.